The molecule has 20 heavy (non-hydrogen) atoms. The quantitative estimate of drug-likeness (QED) is 0.322. The van der Waals surface area contributed by atoms with E-state index in [4.69, 9.17) is 3.07 Å². The summed E-state index contributed by atoms with van der Waals surface area (Å²) in [6.45, 7) is 9.24. The number of rotatable bonds is 14. The average molecular weight is 388 g/mol. The van der Waals surface area contributed by atoms with Crippen molar-refractivity contribution in [1.82, 2.24) is 0 Å². The van der Waals surface area contributed by atoms with Crippen molar-refractivity contribution < 1.29 is 3.07 Å². The van der Waals surface area contributed by atoms with E-state index in [1.54, 1.807) is 0 Å². The molecule has 0 atom stereocenters. The molecule has 0 rings (SSSR count). The van der Waals surface area contributed by atoms with Gasteiger partial charge in [-0.25, -0.2) is 0 Å². The van der Waals surface area contributed by atoms with Gasteiger partial charge in [-0.15, -0.1) is 0 Å². The molecule has 0 aliphatic rings. The summed E-state index contributed by atoms with van der Waals surface area (Å²) < 4.78 is 6.29. The third-order valence-corrected chi connectivity index (χ3v) is 5.83. The van der Waals surface area contributed by atoms with Crippen LogP contribution in [-0.4, -0.2) is 28.5 Å². The second kappa shape index (κ2) is 13.4. The van der Waals surface area contributed by atoms with Crippen LogP contribution in [0.2, 0.25) is 0 Å². The van der Waals surface area contributed by atoms with Gasteiger partial charge in [-0.05, 0) is 0 Å². The van der Waals surface area contributed by atoms with Crippen molar-refractivity contribution in [2.45, 2.75) is 110 Å². The van der Waals surface area contributed by atoms with Crippen molar-refractivity contribution in [3.05, 3.63) is 0 Å². The summed E-state index contributed by atoms with van der Waals surface area (Å²) in [5.41, 5.74) is 0.203. The molecule has 0 aliphatic heterocycles. The predicted octanol–water partition coefficient (Wildman–Crippen LogP) is 6.20. The summed E-state index contributed by atoms with van der Waals surface area (Å²) in [7, 11) is 0. The van der Waals surface area contributed by atoms with E-state index in [-0.39, 0.29) is 5.60 Å². The van der Waals surface area contributed by atoms with Crippen LogP contribution in [0.3, 0.4) is 0 Å². The van der Waals surface area contributed by atoms with Crippen LogP contribution in [0.25, 0.3) is 0 Å². The second-order valence-electron chi connectivity index (χ2n) is 6.36. The van der Waals surface area contributed by atoms with E-state index in [0.29, 0.717) is 0 Å². The molecule has 0 bridgehead atoms. The normalized spacial score (nSPS) is 12.3. The van der Waals surface area contributed by atoms with Gasteiger partial charge in [0.25, 0.3) is 0 Å². The minimum absolute atomic E-state index is 0.203. The molecule has 2 heteroatoms. The summed E-state index contributed by atoms with van der Waals surface area (Å²) in [4.78, 5) is 0. The van der Waals surface area contributed by atoms with Crippen molar-refractivity contribution in [1.29, 1.82) is 0 Å². The van der Waals surface area contributed by atoms with Gasteiger partial charge in [0.1, 0.15) is 0 Å². The predicted molar refractivity (Wildman–Crippen MR) is 91.2 cm³/mol. The maximum absolute atomic E-state index is 6.29. The zero-order valence-corrected chi connectivity index (χ0v) is 17.3. The van der Waals surface area contributed by atoms with Gasteiger partial charge in [0, 0.05) is 0 Å². The van der Waals surface area contributed by atoms with Gasteiger partial charge < -0.3 is 0 Å². The third kappa shape index (κ3) is 7.68. The van der Waals surface area contributed by atoms with Gasteiger partial charge in [0.05, 0.1) is 0 Å². The number of hydrogen-bond donors (Lipinski definition) is 0. The van der Waals surface area contributed by atoms with Crippen molar-refractivity contribution in [2.75, 3.05) is 0 Å². The number of unbranched alkanes of at least 4 members (excludes halogenated alkanes) is 4. The van der Waals surface area contributed by atoms with Crippen LogP contribution >= 0.6 is 0 Å². The minimum atomic E-state index is 0.203. The van der Waals surface area contributed by atoms with Crippen LogP contribution in [-0.2, 0) is 3.07 Å². The molecule has 0 aromatic carbocycles. The fraction of sp³-hybridized carbons (Fsp3) is 1.00. The Balaban J connectivity index is 4.89. The van der Waals surface area contributed by atoms with Gasteiger partial charge in [0.15, 0.2) is 0 Å². The monoisotopic (exact) mass is 389 g/mol. The molecule has 0 aliphatic carbocycles. The Kier molecular flexibility index (Phi) is 13.9. The first-order chi connectivity index (χ1) is 9.70. The van der Waals surface area contributed by atoms with Crippen LogP contribution in [0.1, 0.15) is 105 Å². The summed E-state index contributed by atoms with van der Waals surface area (Å²) in [6, 6.07) is 0. The molecule has 0 amide bonds. The summed E-state index contributed by atoms with van der Waals surface area (Å²) in [5, 5.41) is 0. The van der Waals surface area contributed by atoms with Crippen molar-refractivity contribution in [3.63, 3.8) is 0 Å². The third-order valence-electron chi connectivity index (χ3n) is 4.67. The molecule has 119 valence electrons. The Morgan fingerprint density at radius 3 is 1.45 bits per heavy atom. The molecule has 0 N–H and O–H groups in total. The molecule has 3 radical (unpaired) electrons. The first kappa shape index (κ1) is 20.8. The van der Waals surface area contributed by atoms with E-state index >= 15 is 0 Å². The summed E-state index contributed by atoms with van der Waals surface area (Å²) >= 11 is 1.27. The SMILES string of the molecule is CCCCC(CCCC)C(CCCC)(CCCC)[O][Sn]. The van der Waals surface area contributed by atoms with Crippen molar-refractivity contribution in [2.24, 2.45) is 5.92 Å². The molecule has 0 saturated carbocycles. The van der Waals surface area contributed by atoms with Crippen LogP contribution < -0.4 is 0 Å². The standard InChI is InChI=1S/C18H37O.Sn/c1-5-9-13-17(14-10-6-2)18(19,15-11-7-3)16-12-8-4;/h17H,5-16H2,1-4H3;/q-1;+1. The van der Waals surface area contributed by atoms with Crippen LogP contribution in [0.15, 0.2) is 0 Å². The van der Waals surface area contributed by atoms with E-state index < -0.39 is 0 Å². The van der Waals surface area contributed by atoms with E-state index in [0.717, 1.165) is 5.92 Å². The summed E-state index contributed by atoms with van der Waals surface area (Å²) in [5.74, 6) is 0.791. The van der Waals surface area contributed by atoms with Gasteiger partial charge in [-0.1, -0.05) is 0 Å². The van der Waals surface area contributed by atoms with E-state index in [9.17, 15) is 0 Å². The Hall–Kier alpha value is 0.759. The zero-order valence-electron chi connectivity index (χ0n) is 14.5. The van der Waals surface area contributed by atoms with Gasteiger partial charge in [-0.2, -0.15) is 0 Å². The molecule has 0 saturated heterocycles. The van der Waals surface area contributed by atoms with E-state index in [1.807, 2.05) is 0 Å². The average Bonchev–Trinajstić information content (AvgIpc) is 2.49. The fourth-order valence-electron chi connectivity index (χ4n) is 3.24. The molecule has 0 aromatic rings. The molecule has 1 nitrogen and oxygen atoms in total. The van der Waals surface area contributed by atoms with Gasteiger partial charge in [0.2, 0.25) is 0 Å². The number of hydrogen-bond acceptors (Lipinski definition) is 1. The van der Waals surface area contributed by atoms with E-state index in [2.05, 4.69) is 27.7 Å². The molecule has 0 heterocycles. The second-order valence-corrected chi connectivity index (χ2v) is 6.94. The van der Waals surface area contributed by atoms with Crippen LogP contribution in [0.4, 0.5) is 0 Å². The topological polar surface area (TPSA) is 9.23 Å². The molecular weight excluding hydrogens is 351 g/mol. The Morgan fingerprint density at radius 2 is 1.15 bits per heavy atom. The van der Waals surface area contributed by atoms with Gasteiger partial charge in [-0.3, -0.25) is 0 Å². The van der Waals surface area contributed by atoms with Crippen LogP contribution in [0.5, 0.6) is 0 Å². The molecular formula is C18H37OSn. The van der Waals surface area contributed by atoms with Crippen LogP contribution in [0, 0.1) is 5.92 Å². The Labute approximate surface area is 142 Å². The maximum atomic E-state index is 6.29. The Bertz CT molecular complexity index is 190. The molecule has 0 fully saturated rings. The Morgan fingerprint density at radius 1 is 0.750 bits per heavy atom. The molecule has 0 unspecified atom stereocenters. The van der Waals surface area contributed by atoms with Gasteiger partial charge >= 0.3 is 142 Å². The first-order valence-corrected chi connectivity index (χ1v) is 10.2. The first-order valence-electron chi connectivity index (χ1n) is 9.05. The summed E-state index contributed by atoms with van der Waals surface area (Å²) in [6.07, 6.45) is 15.9. The molecule has 0 aromatic heterocycles. The van der Waals surface area contributed by atoms with Crippen molar-refractivity contribution in [3.8, 4) is 0 Å². The van der Waals surface area contributed by atoms with Crippen molar-refractivity contribution >= 4 is 22.9 Å². The molecule has 0 spiro atoms. The van der Waals surface area contributed by atoms with E-state index in [1.165, 1.54) is 100.0 Å². The fourth-order valence-corrected chi connectivity index (χ4v) is 4.30. The zero-order chi connectivity index (χ0) is 15.3.